The Balaban J connectivity index is 1.79. The summed E-state index contributed by atoms with van der Waals surface area (Å²) in [5, 5.41) is 12.6. The first kappa shape index (κ1) is 23.7. The molecule has 0 aliphatic rings. The molecule has 3 N–H and O–H groups in total. The van der Waals surface area contributed by atoms with Gasteiger partial charge in [0.1, 0.15) is 6.04 Å². The predicted octanol–water partition coefficient (Wildman–Crippen LogP) is 2.60. The fourth-order valence-electron chi connectivity index (χ4n) is 3.37. The average Bonchev–Trinajstić information content (AvgIpc) is 2.79. The summed E-state index contributed by atoms with van der Waals surface area (Å²) in [6.07, 6.45) is 0.618. The fourth-order valence-corrected chi connectivity index (χ4v) is 4.57. The van der Waals surface area contributed by atoms with Crippen LogP contribution in [0.4, 0.5) is 0 Å². The molecule has 0 bridgehead atoms. The van der Waals surface area contributed by atoms with Crippen molar-refractivity contribution in [3.8, 4) is 0 Å². The highest BCUT2D eigenvalue weighted by molar-refractivity contribution is 7.89. The van der Waals surface area contributed by atoms with Gasteiger partial charge in [0.05, 0.1) is 17.5 Å². The Morgan fingerprint density at radius 1 is 0.844 bits per heavy atom. The van der Waals surface area contributed by atoms with Crippen molar-refractivity contribution in [1.82, 2.24) is 10.0 Å². The maximum absolute atomic E-state index is 13.1. The molecular weight excluding hydrogens is 424 g/mol. The third-order valence-corrected chi connectivity index (χ3v) is 6.61. The van der Waals surface area contributed by atoms with Gasteiger partial charge in [0, 0.05) is 0 Å². The molecule has 0 spiro atoms. The Morgan fingerprint density at radius 2 is 1.38 bits per heavy atom. The molecule has 0 aliphatic heterocycles. The monoisotopic (exact) mass is 452 g/mol. The summed E-state index contributed by atoms with van der Waals surface area (Å²) in [6.45, 7) is 1.61. The first-order chi connectivity index (χ1) is 15.4. The molecule has 7 heteroatoms. The predicted molar refractivity (Wildman–Crippen MR) is 125 cm³/mol. The number of benzene rings is 3. The van der Waals surface area contributed by atoms with Gasteiger partial charge in [0.2, 0.25) is 15.9 Å². The van der Waals surface area contributed by atoms with Crippen LogP contribution < -0.4 is 10.0 Å². The van der Waals surface area contributed by atoms with Crippen molar-refractivity contribution in [2.24, 2.45) is 0 Å². The number of nitrogens with one attached hydrogen (secondary N) is 2. The summed E-state index contributed by atoms with van der Waals surface area (Å²) in [7, 11) is -3.92. The topological polar surface area (TPSA) is 95.5 Å². The average molecular weight is 453 g/mol. The van der Waals surface area contributed by atoms with E-state index in [1.165, 1.54) is 12.1 Å². The Kier molecular flexibility index (Phi) is 8.16. The molecule has 0 heterocycles. The molecule has 6 nitrogen and oxygen atoms in total. The summed E-state index contributed by atoms with van der Waals surface area (Å²) >= 11 is 0. The van der Waals surface area contributed by atoms with Gasteiger partial charge in [-0.2, -0.15) is 4.72 Å². The van der Waals surface area contributed by atoms with Gasteiger partial charge in [-0.05, 0) is 43.0 Å². The Morgan fingerprint density at radius 3 is 1.91 bits per heavy atom. The minimum Gasteiger partial charge on any atom is -0.394 e. The Labute approximate surface area is 189 Å². The van der Waals surface area contributed by atoms with E-state index in [2.05, 4.69) is 10.0 Å². The molecule has 0 fully saturated rings. The molecule has 0 saturated heterocycles. The SMILES string of the molecule is Cc1ccc(S(=O)(=O)N[C@@H](Cc2ccccc2)C(=O)N[C@@H](CO)Cc2ccccc2)cc1. The molecule has 3 aromatic rings. The fraction of sp³-hybridized carbons (Fsp3) is 0.240. The van der Waals surface area contributed by atoms with E-state index in [0.29, 0.717) is 6.42 Å². The molecule has 3 aromatic carbocycles. The van der Waals surface area contributed by atoms with Crippen LogP contribution in [0.3, 0.4) is 0 Å². The second-order valence-electron chi connectivity index (χ2n) is 7.75. The van der Waals surface area contributed by atoms with Crippen LogP contribution in [0, 0.1) is 6.92 Å². The van der Waals surface area contributed by atoms with Crippen molar-refractivity contribution in [2.75, 3.05) is 6.61 Å². The molecular formula is C25H28N2O4S. The van der Waals surface area contributed by atoms with E-state index in [0.717, 1.165) is 16.7 Å². The number of sulfonamides is 1. The highest BCUT2D eigenvalue weighted by Crippen LogP contribution is 2.13. The van der Waals surface area contributed by atoms with Crippen molar-refractivity contribution in [3.05, 3.63) is 102 Å². The van der Waals surface area contributed by atoms with Crippen LogP contribution in [-0.4, -0.2) is 38.1 Å². The van der Waals surface area contributed by atoms with Crippen LogP contribution in [0.2, 0.25) is 0 Å². The quantitative estimate of drug-likeness (QED) is 0.441. The highest BCUT2D eigenvalue weighted by atomic mass is 32.2. The van der Waals surface area contributed by atoms with E-state index in [4.69, 9.17) is 0 Å². The summed E-state index contributed by atoms with van der Waals surface area (Å²) in [6, 6.07) is 23.6. The smallest absolute Gasteiger partial charge is 0.241 e. The van der Waals surface area contributed by atoms with Gasteiger partial charge in [-0.3, -0.25) is 4.79 Å². The third-order valence-electron chi connectivity index (χ3n) is 5.12. The van der Waals surface area contributed by atoms with E-state index in [1.54, 1.807) is 12.1 Å². The number of aryl methyl sites for hydroxylation is 1. The zero-order chi connectivity index (χ0) is 23.0. The lowest BCUT2D eigenvalue weighted by atomic mass is 10.0. The Bertz CT molecular complexity index is 1100. The van der Waals surface area contributed by atoms with Crippen molar-refractivity contribution in [1.29, 1.82) is 0 Å². The molecule has 0 unspecified atom stereocenters. The summed E-state index contributed by atoms with van der Waals surface area (Å²) in [5.41, 5.74) is 2.73. The molecule has 0 saturated carbocycles. The van der Waals surface area contributed by atoms with E-state index in [1.807, 2.05) is 67.6 Å². The summed E-state index contributed by atoms with van der Waals surface area (Å²) < 4.78 is 28.5. The number of hydrogen-bond acceptors (Lipinski definition) is 4. The molecule has 32 heavy (non-hydrogen) atoms. The van der Waals surface area contributed by atoms with Crippen LogP contribution >= 0.6 is 0 Å². The van der Waals surface area contributed by atoms with Gasteiger partial charge in [-0.25, -0.2) is 8.42 Å². The van der Waals surface area contributed by atoms with Crippen LogP contribution in [0.5, 0.6) is 0 Å². The molecule has 0 aliphatic carbocycles. The van der Waals surface area contributed by atoms with E-state index < -0.39 is 28.0 Å². The summed E-state index contributed by atoms with van der Waals surface area (Å²) in [4.78, 5) is 13.2. The first-order valence-corrected chi connectivity index (χ1v) is 11.9. The maximum Gasteiger partial charge on any atom is 0.241 e. The number of hydrogen-bond donors (Lipinski definition) is 3. The lowest BCUT2D eigenvalue weighted by Gasteiger charge is -2.23. The molecule has 168 valence electrons. The van der Waals surface area contributed by atoms with Crippen molar-refractivity contribution in [3.63, 3.8) is 0 Å². The number of rotatable bonds is 10. The summed E-state index contributed by atoms with van der Waals surface area (Å²) in [5.74, 6) is -0.487. The second kappa shape index (κ2) is 11.0. The van der Waals surface area contributed by atoms with Gasteiger partial charge >= 0.3 is 0 Å². The van der Waals surface area contributed by atoms with Crippen molar-refractivity contribution in [2.45, 2.75) is 36.7 Å². The minimum absolute atomic E-state index is 0.0944. The molecule has 0 radical (unpaired) electrons. The minimum atomic E-state index is -3.92. The molecule has 3 rings (SSSR count). The standard InChI is InChI=1S/C25H28N2O4S/c1-19-12-14-23(15-13-19)32(30,31)27-24(17-21-10-6-3-7-11-21)25(29)26-22(18-28)16-20-8-4-2-5-9-20/h2-15,22,24,27-28H,16-18H2,1H3,(H,26,29)/t22-,24+/m1/s1. The third kappa shape index (κ3) is 6.75. The van der Waals surface area contributed by atoms with Crippen molar-refractivity contribution >= 4 is 15.9 Å². The first-order valence-electron chi connectivity index (χ1n) is 10.5. The number of amides is 1. The number of carbonyl (C=O) groups excluding carboxylic acids is 1. The van der Waals surface area contributed by atoms with Crippen LogP contribution in [0.25, 0.3) is 0 Å². The van der Waals surface area contributed by atoms with E-state index in [-0.39, 0.29) is 17.9 Å². The number of carbonyl (C=O) groups is 1. The van der Waals surface area contributed by atoms with E-state index in [9.17, 15) is 18.3 Å². The molecule has 2 atom stereocenters. The van der Waals surface area contributed by atoms with Gasteiger partial charge in [0.25, 0.3) is 0 Å². The zero-order valence-electron chi connectivity index (χ0n) is 17.9. The second-order valence-corrected chi connectivity index (χ2v) is 9.47. The van der Waals surface area contributed by atoms with Gasteiger partial charge in [-0.1, -0.05) is 78.4 Å². The maximum atomic E-state index is 13.1. The van der Waals surface area contributed by atoms with Gasteiger partial charge in [-0.15, -0.1) is 0 Å². The molecule has 1 amide bonds. The van der Waals surface area contributed by atoms with Gasteiger partial charge in [0.15, 0.2) is 0 Å². The van der Waals surface area contributed by atoms with E-state index >= 15 is 0 Å². The largest absolute Gasteiger partial charge is 0.394 e. The number of aliphatic hydroxyl groups is 1. The van der Waals surface area contributed by atoms with Crippen LogP contribution in [0.15, 0.2) is 89.8 Å². The lowest BCUT2D eigenvalue weighted by molar-refractivity contribution is -0.123. The van der Waals surface area contributed by atoms with Crippen LogP contribution in [0.1, 0.15) is 16.7 Å². The zero-order valence-corrected chi connectivity index (χ0v) is 18.8. The van der Waals surface area contributed by atoms with Gasteiger partial charge < -0.3 is 10.4 Å². The normalized spacial score (nSPS) is 13.3. The lowest BCUT2D eigenvalue weighted by Crippen LogP contribution is -2.51. The van der Waals surface area contributed by atoms with Crippen LogP contribution in [-0.2, 0) is 27.7 Å². The molecule has 0 aromatic heterocycles. The highest BCUT2D eigenvalue weighted by Gasteiger charge is 2.27. The van der Waals surface area contributed by atoms with Crippen molar-refractivity contribution < 1.29 is 18.3 Å². The Hall–Kier alpha value is -3.00. The number of aliphatic hydroxyl groups excluding tert-OH is 1.